The van der Waals surface area contributed by atoms with Gasteiger partial charge in [0, 0.05) is 12.7 Å². The quantitative estimate of drug-likeness (QED) is 0.848. The van der Waals surface area contributed by atoms with Crippen molar-refractivity contribution >= 4 is 17.4 Å². The predicted octanol–water partition coefficient (Wildman–Crippen LogP) is 1.57. The van der Waals surface area contributed by atoms with E-state index in [4.69, 9.17) is 16.9 Å². The predicted molar refractivity (Wildman–Crippen MR) is 61.4 cm³/mol. The first kappa shape index (κ1) is 11.2. The first-order valence-electron chi connectivity index (χ1n) is 5.20. The number of nitrogens with zero attached hydrogens (tertiary/aromatic N) is 3. The van der Waals surface area contributed by atoms with E-state index in [1.165, 1.54) is 0 Å². The molecular formula is C11H12ClN3O. The van der Waals surface area contributed by atoms with Crippen LogP contribution in [-0.4, -0.2) is 29.3 Å². The fourth-order valence-corrected chi connectivity index (χ4v) is 2.29. The molecule has 4 nitrogen and oxygen atoms in total. The number of hydrogen-bond acceptors (Lipinski definition) is 4. The van der Waals surface area contributed by atoms with Gasteiger partial charge in [-0.05, 0) is 18.9 Å². The Balaban J connectivity index is 2.37. The van der Waals surface area contributed by atoms with Crippen LogP contribution in [0.25, 0.3) is 0 Å². The van der Waals surface area contributed by atoms with Gasteiger partial charge in [-0.25, -0.2) is 4.98 Å². The summed E-state index contributed by atoms with van der Waals surface area (Å²) in [6.07, 6.45) is 3.53. The van der Waals surface area contributed by atoms with Crippen molar-refractivity contribution in [3.63, 3.8) is 0 Å². The van der Waals surface area contributed by atoms with Crippen LogP contribution in [0, 0.1) is 11.3 Å². The molecule has 0 aromatic carbocycles. The van der Waals surface area contributed by atoms with E-state index in [-0.39, 0.29) is 12.6 Å². The average Bonchev–Trinajstić information content (AvgIpc) is 2.77. The maximum atomic E-state index is 9.24. The second-order valence-corrected chi connectivity index (χ2v) is 4.16. The highest BCUT2D eigenvalue weighted by Gasteiger charge is 2.27. The lowest BCUT2D eigenvalue weighted by Gasteiger charge is -2.25. The maximum absolute atomic E-state index is 9.24. The normalized spacial score (nSPS) is 19.8. The van der Waals surface area contributed by atoms with Crippen LogP contribution in [0.3, 0.4) is 0 Å². The number of aromatic nitrogens is 1. The van der Waals surface area contributed by atoms with E-state index in [2.05, 4.69) is 4.98 Å². The number of nitriles is 1. The number of anilines is 1. The Hall–Kier alpha value is -1.31. The molecule has 1 aromatic heterocycles. The minimum atomic E-state index is 0.0685. The van der Waals surface area contributed by atoms with Crippen molar-refractivity contribution in [3.05, 3.63) is 22.8 Å². The molecule has 0 spiro atoms. The van der Waals surface area contributed by atoms with Crippen LogP contribution < -0.4 is 4.90 Å². The van der Waals surface area contributed by atoms with Crippen LogP contribution in [0.15, 0.2) is 12.3 Å². The van der Waals surface area contributed by atoms with Crippen molar-refractivity contribution in [2.45, 2.75) is 18.9 Å². The Morgan fingerprint density at radius 2 is 2.50 bits per heavy atom. The van der Waals surface area contributed by atoms with Crippen molar-refractivity contribution < 1.29 is 5.11 Å². The third-order valence-corrected chi connectivity index (χ3v) is 3.22. The Morgan fingerprint density at radius 3 is 3.19 bits per heavy atom. The summed E-state index contributed by atoms with van der Waals surface area (Å²) in [5, 5.41) is 18.5. The van der Waals surface area contributed by atoms with Crippen LogP contribution >= 0.6 is 11.6 Å². The Labute approximate surface area is 99.1 Å². The number of pyridine rings is 1. The van der Waals surface area contributed by atoms with Gasteiger partial charge in [0.25, 0.3) is 0 Å². The molecule has 1 unspecified atom stereocenters. The molecule has 2 rings (SSSR count). The molecule has 0 bridgehead atoms. The van der Waals surface area contributed by atoms with E-state index >= 15 is 0 Å². The molecule has 1 fully saturated rings. The summed E-state index contributed by atoms with van der Waals surface area (Å²) in [7, 11) is 0. The molecule has 1 atom stereocenters. The van der Waals surface area contributed by atoms with Gasteiger partial charge >= 0.3 is 0 Å². The molecule has 0 aliphatic carbocycles. The smallest absolute Gasteiger partial charge is 0.149 e. The van der Waals surface area contributed by atoms with Crippen molar-refractivity contribution in [3.8, 4) is 6.07 Å². The molecule has 0 amide bonds. The summed E-state index contributed by atoms with van der Waals surface area (Å²) in [4.78, 5) is 6.17. The number of aliphatic hydroxyl groups excluding tert-OH is 1. The highest BCUT2D eigenvalue weighted by molar-refractivity contribution is 6.34. The fourth-order valence-electron chi connectivity index (χ4n) is 2.02. The van der Waals surface area contributed by atoms with Crippen molar-refractivity contribution in [2.75, 3.05) is 18.1 Å². The lowest BCUT2D eigenvalue weighted by atomic mass is 10.2. The van der Waals surface area contributed by atoms with Gasteiger partial charge in [-0.15, -0.1) is 0 Å². The highest BCUT2D eigenvalue weighted by atomic mass is 35.5. The number of hydrogen-bond donors (Lipinski definition) is 1. The van der Waals surface area contributed by atoms with Crippen LogP contribution in [0.5, 0.6) is 0 Å². The average molecular weight is 238 g/mol. The largest absolute Gasteiger partial charge is 0.394 e. The van der Waals surface area contributed by atoms with E-state index in [0.29, 0.717) is 16.4 Å². The summed E-state index contributed by atoms with van der Waals surface area (Å²) < 4.78 is 0. The first-order valence-corrected chi connectivity index (χ1v) is 5.58. The molecule has 0 radical (unpaired) electrons. The summed E-state index contributed by atoms with van der Waals surface area (Å²) >= 11 is 6.10. The van der Waals surface area contributed by atoms with E-state index in [1.807, 2.05) is 11.0 Å². The molecule has 1 aromatic rings. The third kappa shape index (κ3) is 1.84. The van der Waals surface area contributed by atoms with Gasteiger partial charge in [0.05, 0.1) is 18.2 Å². The van der Waals surface area contributed by atoms with Crippen molar-refractivity contribution in [2.24, 2.45) is 0 Å². The minimum absolute atomic E-state index is 0.0685. The number of rotatable bonds is 2. The van der Waals surface area contributed by atoms with E-state index in [0.717, 1.165) is 19.4 Å². The first-order chi connectivity index (χ1) is 7.77. The van der Waals surface area contributed by atoms with Gasteiger partial charge in [0.2, 0.25) is 0 Å². The van der Waals surface area contributed by atoms with E-state index in [9.17, 15) is 5.11 Å². The summed E-state index contributed by atoms with van der Waals surface area (Å²) in [5.74, 6) is 0.609. The molecule has 5 heteroatoms. The van der Waals surface area contributed by atoms with E-state index in [1.54, 1.807) is 12.3 Å². The Kier molecular flexibility index (Phi) is 3.28. The lowest BCUT2D eigenvalue weighted by Crippen LogP contribution is -2.33. The van der Waals surface area contributed by atoms with Crippen LogP contribution in [0.1, 0.15) is 18.4 Å². The SMILES string of the molecule is N#Cc1ccnc(N2CCCC2CO)c1Cl. The molecular weight excluding hydrogens is 226 g/mol. The zero-order valence-corrected chi connectivity index (χ0v) is 9.48. The third-order valence-electron chi connectivity index (χ3n) is 2.85. The molecule has 1 saturated heterocycles. The van der Waals surface area contributed by atoms with E-state index < -0.39 is 0 Å². The van der Waals surface area contributed by atoms with Crippen LogP contribution in [0.2, 0.25) is 5.02 Å². The zero-order chi connectivity index (χ0) is 11.5. The summed E-state index contributed by atoms with van der Waals surface area (Å²) in [6, 6.07) is 3.69. The standard InChI is InChI=1S/C11H12ClN3O/c12-10-8(6-13)3-4-14-11(10)15-5-1-2-9(15)7-16/h3-4,9,16H,1-2,5,7H2. The van der Waals surface area contributed by atoms with Crippen LogP contribution in [0.4, 0.5) is 5.82 Å². The maximum Gasteiger partial charge on any atom is 0.149 e. The fraction of sp³-hybridized carbons (Fsp3) is 0.455. The Bertz CT molecular complexity index is 430. The lowest BCUT2D eigenvalue weighted by molar-refractivity contribution is 0.266. The van der Waals surface area contributed by atoms with Gasteiger partial charge < -0.3 is 10.0 Å². The van der Waals surface area contributed by atoms with Gasteiger partial charge in [-0.2, -0.15) is 5.26 Å². The van der Waals surface area contributed by atoms with Gasteiger partial charge in [0.1, 0.15) is 16.9 Å². The number of aliphatic hydroxyl groups is 1. The Morgan fingerprint density at radius 1 is 1.69 bits per heavy atom. The van der Waals surface area contributed by atoms with Crippen molar-refractivity contribution in [1.82, 2.24) is 4.98 Å². The van der Waals surface area contributed by atoms with Gasteiger partial charge in [-0.3, -0.25) is 0 Å². The summed E-state index contributed by atoms with van der Waals surface area (Å²) in [6.45, 7) is 0.918. The molecule has 1 aliphatic heterocycles. The topological polar surface area (TPSA) is 60.2 Å². The molecule has 0 saturated carbocycles. The second-order valence-electron chi connectivity index (χ2n) is 3.78. The molecule has 84 valence electrons. The zero-order valence-electron chi connectivity index (χ0n) is 8.73. The molecule has 1 N–H and O–H groups in total. The monoisotopic (exact) mass is 237 g/mol. The summed E-state index contributed by atoms with van der Waals surface area (Å²) in [5.41, 5.74) is 0.426. The minimum Gasteiger partial charge on any atom is -0.394 e. The number of halogens is 1. The highest BCUT2D eigenvalue weighted by Crippen LogP contribution is 2.31. The van der Waals surface area contributed by atoms with Gasteiger partial charge in [-0.1, -0.05) is 11.6 Å². The van der Waals surface area contributed by atoms with Crippen LogP contribution in [-0.2, 0) is 0 Å². The molecule has 1 aliphatic rings. The molecule has 16 heavy (non-hydrogen) atoms. The molecule has 2 heterocycles. The van der Waals surface area contributed by atoms with Crippen molar-refractivity contribution in [1.29, 1.82) is 5.26 Å². The van der Waals surface area contributed by atoms with Gasteiger partial charge in [0.15, 0.2) is 0 Å². The second kappa shape index (κ2) is 4.69.